The molecule has 0 aliphatic heterocycles. The molecule has 1 aliphatic carbocycles. The van der Waals surface area contributed by atoms with E-state index in [1.165, 1.54) is 0 Å². The molecule has 146 valence electrons. The largest absolute Gasteiger partial charge is 0.489 e. The number of nitrogens with one attached hydrogen (secondary N) is 1. The summed E-state index contributed by atoms with van der Waals surface area (Å²) in [7, 11) is 0. The lowest BCUT2D eigenvalue weighted by atomic mass is 10.0. The second-order valence-corrected chi connectivity index (χ2v) is 7.93. The van der Waals surface area contributed by atoms with Crippen molar-refractivity contribution in [3.8, 4) is 17.0 Å². The van der Waals surface area contributed by atoms with Gasteiger partial charge in [0, 0.05) is 24.1 Å². The molecule has 0 spiro atoms. The van der Waals surface area contributed by atoms with Gasteiger partial charge in [-0.1, -0.05) is 46.0 Å². The number of nitrogens with zero attached hydrogens (tertiary/aromatic N) is 1. The highest BCUT2D eigenvalue weighted by Gasteiger charge is 2.33. The van der Waals surface area contributed by atoms with Crippen LogP contribution in [-0.2, 0) is 6.61 Å². The van der Waals surface area contributed by atoms with Crippen LogP contribution in [0.25, 0.3) is 11.3 Å². The van der Waals surface area contributed by atoms with Crippen LogP contribution in [0.1, 0.15) is 37.0 Å². The Balaban J connectivity index is 1.64. The third-order valence-electron chi connectivity index (χ3n) is 4.66. The lowest BCUT2D eigenvalue weighted by Crippen LogP contribution is -2.01. The Morgan fingerprint density at radius 1 is 1.11 bits per heavy atom. The predicted molar refractivity (Wildman–Crippen MR) is 114 cm³/mol. The first-order valence-corrected chi connectivity index (χ1v) is 10.3. The molecule has 28 heavy (non-hydrogen) atoms. The number of aromatic nitrogens is 1. The molecule has 1 N–H and O–H groups in total. The zero-order chi connectivity index (χ0) is 19.7. The molecule has 0 bridgehead atoms. The summed E-state index contributed by atoms with van der Waals surface area (Å²) >= 11 is 19.1. The van der Waals surface area contributed by atoms with E-state index in [1.54, 1.807) is 24.3 Å². The number of ether oxygens (including phenoxy) is 1. The van der Waals surface area contributed by atoms with Crippen molar-refractivity contribution < 1.29 is 9.26 Å². The Morgan fingerprint density at radius 3 is 2.50 bits per heavy atom. The molecule has 7 heteroatoms. The van der Waals surface area contributed by atoms with Crippen LogP contribution in [0, 0.1) is 0 Å². The van der Waals surface area contributed by atoms with Gasteiger partial charge < -0.3 is 14.6 Å². The first-order valence-electron chi connectivity index (χ1n) is 9.17. The molecule has 0 atom stereocenters. The number of rotatable bonds is 7. The predicted octanol–water partition coefficient (Wildman–Crippen LogP) is 7.19. The smallest absolute Gasteiger partial charge is 0.147 e. The lowest BCUT2D eigenvalue weighted by molar-refractivity contribution is 0.300. The Morgan fingerprint density at radius 2 is 1.86 bits per heavy atom. The van der Waals surface area contributed by atoms with Gasteiger partial charge in [-0.15, -0.1) is 0 Å². The Kier molecular flexibility index (Phi) is 5.72. The van der Waals surface area contributed by atoms with Crippen LogP contribution < -0.4 is 10.1 Å². The van der Waals surface area contributed by atoms with Gasteiger partial charge >= 0.3 is 0 Å². The highest BCUT2D eigenvalue weighted by molar-refractivity contribution is 6.39. The fraction of sp³-hybridized carbons (Fsp3) is 0.286. The second kappa shape index (κ2) is 8.24. The fourth-order valence-electron chi connectivity index (χ4n) is 3.12. The maximum atomic E-state index is 6.39. The van der Waals surface area contributed by atoms with Crippen molar-refractivity contribution in [2.75, 3.05) is 11.9 Å². The molecule has 1 saturated carbocycles. The molecule has 1 aliphatic rings. The van der Waals surface area contributed by atoms with Gasteiger partial charge in [0.25, 0.3) is 0 Å². The van der Waals surface area contributed by atoms with E-state index in [9.17, 15) is 0 Å². The van der Waals surface area contributed by atoms with E-state index in [2.05, 4.69) is 10.5 Å². The number of hydrogen-bond donors (Lipinski definition) is 1. The molecule has 0 radical (unpaired) electrons. The normalized spacial score (nSPS) is 13.6. The molecule has 4 nitrogen and oxygen atoms in total. The minimum absolute atomic E-state index is 0.295. The topological polar surface area (TPSA) is 47.3 Å². The molecule has 2 aromatic carbocycles. The quantitative estimate of drug-likeness (QED) is 0.425. The van der Waals surface area contributed by atoms with Crippen LogP contribution in [0.2, 0.25) is 15.1 Å². The van der Waals surface area contributed by atoms with Crippen LogP contribution in [0.15, 0.2) is 40.9 Å². The molecule has 1 heterocycles. The van der Waals surface area contributed by atoms with Crippen molar-refractivity contribution in [3.05, 3.63) is 62.8 Å². The summed E-state index contributed by atoms with van der Waals surface area (Å²) in [5.41, 5.74) is 3.06. The van der Waals surface area contributed by atoms with Crippen molar-refractivity contribution in [2.24, 2.45) is 0 Å². The minimum Gasteiger partial charge on any atom is -0.489 e. The van der Waals surface area contributed by atoms with Crippen molar-refractivity contribution in [1.82, 2.24) is 5.16 Å². The lowest BCUT2D eigenvalue weighted by Gasteiger charge is -2.11. The summed E-state index contributed by atoms with van der Waals surface area (Å²) < 4.78 is 11.7. The zero-order valence-electron chi connectivity index (χ0n) is 15.3. The van der Waals surface area contributed by atoms with Gasteiger partial charge in [0.1, 0.15) is 23.8 Å². The summed E-state index contributed by atoms with van der Waals surface area (Å²) in [6.07, 6.45) is 2.17. The minimum atomic E-state index is 0.295. The van der Waals surface area contributed by atoms with Crippen LogP contribution >= 0.6 is 34.8 Å². The molecule has 1 aromatic heterocycles. The van der Waals surface area contributed by atoms with E-state index in [0.29, 0.717) is 44.6 Å². The molecule has 3 aromatic rings. The average molecular weight is 438 g/mol. The summed E-state index contributed by atoms with van der Waals surface area (Å²) in [5, 5.41) is 9.16. The summed E-state index contributed by atoms with van der Waals surface area (Å²) in [6, 6.07) is 11.0. The van der Waals surface area contributed by atoms with E-state index in [-0.39, 0.29) is 0 Å². The Bertz CT molecular complexity index is 979. The zero-order valence-corrected chi connectivity index (χ0v) is 17.5. The van der Waals surface area contributed by atoms with Crippen molar-refractivity contribution in [1.29, 1.82) is 0 Å². The monoisotopic (exact) mass is 436 g/mol. The first kappa shape index (κ1) is 19.4. The fourth-order valence-corrected chi connectivity index (χ4v) is 3.94. The first-order chi connectivity index (χ1) is 13.6. The van der Waals surface area contributed by atoms with Gasteiger partial charge in [-0.3, -0.25) is 0 Å². The number of anilines is 1. The maximum Gasteiger partial charge on any atom is 0.147 e. The Labute approximate surface area is 178 Å². The Hall–Kier alpha value is -1.88. The summed E-state index contributed by atoms with van der Waals surface area (Å²) in [5.74, 6) is 1.90. The van der Waals surface area contributed by atoms with Gasteiger partial charge in [0.05, 0.1) is 26.3 Å². The van der Waals surface area contributed by atoms with Crippen molar-refractivity contribution in [2.45, 2.75) is 32.3 Å². The maximum absolute atomic E-state index is 6.39. The molecular formula is C21H19Cl3N2O2. The van der Waals surface area contributed by atoms with Crippen LogP contribution in [-0.4, -0.2) is 11.7 Å². The van der Waals surface area contributed by atoms with E-state index in [1.807, 2.05) is 19.1 Å². The highest BCUT2D eigenvalue weighted by Crippen LogP contribution is 2.46. The van der Waals surface area contributed by atoms with E-state index < -0.39 is 0 Å². The molecular weight excluding hydrogens is 419 g/mol. The standard InChI is InChI=1S/C21H19Cl3N2O2/c1-2-25-18-9-8-13(10-17(18)24)27-11-14-20(26-28-21(14)12-6-7-12)19-15(22)4-3-5-16(19)23/h3-5,8-10,12,25H,2,6-7,11H2,1H3. The average Bonchev–Trinajstić information content (AvgIpc) is 3.43. The molecule has 0 amide bonds. The van der Waals surface area contributed by atoms with Crippen molar-refractivity contribution in [3.63, 3.8) is 0 Å². The molecule has 4 rings (SSSR count). The van der Waals surface area contributed by atoms with Crippen molar-refractivity contribution >= 4 is 40.5 Å². The van der Waals surface area contributed by atoms with Gasteiger partial charge in [-0.2, -0.15) is 0 Å². The van der Waals surface area contributed by atoms with E-state index in [4.69, 9.17) is 44.1 Å². The summed E-state index contributed by atoms with van der Waals surface area (Å²) in [6.45, 7) is 3.11. The van der Waals surface area contributed by atoms with Gasteiger partial charge in [-0.25, -0.2) is 0 Å². The third kappa shape index (κ3) is 3.95. The SMILES string of the molecule is CCNc1ccc(OCc2c(-c3c(Cl)cccc3Cl)noc2C2CC2)cc1Cl. The van der Waals surface area contributed by atoms with Crippen LogP contribution in [0.5, 0.6) is 5.75 Å². The molecule has 0 saturated heterocycles. The van der Waals surface area contributed by atoms with Gasteiger partial charge in [-0.05, 0) is 44.0 Å². The van der Waals surface area contributed by atoms with Crippen LogP contribution in [0.3, 0.4) is 0 Å². The highest BCUT2D eigenvalue weighted by atomic mass is 35.5. The third-order valence-corrected chi connectivity index (χ3v) is 5.60. The van der Waals surface area contributed by atoms with E-state index in [0.717, 1.165) is 36.4 Å². The molecule has 0 unspecified atom stereocenters. The second-order valence-electron chi connectivity index (χ2n) is 6.71. The van der Waals surface area contributed by atoms with Gasteiger partial charge in [0.15, 0.2) is 0 Å². The summed E-state index contributed by atoms with van der Waals surface area (Å²) in [4.78, 5) is 0. The number of benzene rings is 2. The molecule has 1 fully saturated rings. The van der Waals surface area contributed by atoms with Crippen LogP contribution in [0.4, 0.5) is 5.69 Å². The number of halogens is 3. The number of hydrogen-bond acceptors (Lipinski definition) is 4. The van der Waals surface area contributed by atoms with Gasteiger partial charge in [0.2, 0.25) is 0 Å². The van der Waals surface area contributed by atoms with E-state index >= 15 is 0 Å².